The van der Waals surface area contributed by atoms with Gasteiger partial charge in [0.2, 0.25) is 0 Å². The molecular formula is C25H18FN3O4S. The highest BCUT2D eigenvalue weighted by atomic mass is 32.3. The molecule has 0 fully saturated rings. The topological polar surface area (TPSA) is 105 Å². The molecule has 0 bridgehead atoms. The number of methoxy groups -OCH3 is 1. The van der Waals surface area contributed by atoms with Crippen LogP contribution in [0.25, 0.3) is 44.0 Å². The Hall–Kier alpha value is -4.16. The third-order valence-electron chi connectivity index (χ3n) is 6.00. The van der Waals surface area contributed by atoms with Gasteiger partial charge in [0, 0.05) is 23.0 Å². The van der Waals surface area contributed by atoms with Gasteiger partial charge in [-0.3, -0.25) is 4.79 Å². The third-order valence-corrected chi connectivity index (χ3v) is 6.82. The van der Waals surface area contributed by atoms with Crippen molar-refractivity contribution in [2.45, 2.75) is 18.4 Å². The van der Waals surface area contributed by atoms with E-state index in [9.17, 15) is 22.4 Å². The van der Waals surface area contributed by atoms with Gasteiger partial charge < -0.3 is 14.3 Å². The van der Waals surface area contributed by atoms with Crippen LogP contribution >= 0.6 is 0 Å². The molecule has 2 heterocycles. The van der Waals surface area contributed by atoms with Crippen LogP contribution in [0, 0.1) is 11.3 Å². The molecule has 3 aromatic carbocycles. The Morgan fingerprint density at radius 2 is 1.91 bits per heavy atom. The maximum absolute atomic E-state index is 13.6. The largest absolute Gasteiger partial charge is 0.496 e. The monoisotopic (exact) mass is 475 g/mol. The Morgan fingerprint density at radius 1 is 1.12 bits per heavy atom. The van der Waals surface area contributed by atoms with E-state index in [4.69, 9.17) is 4.74 Å². The second-order valence-electron chi connectivity index (χ2n) is 7.83. The summed E-state index contributed by atoms with van der Waals surface area (Å²) in [6.45, 7) is 2.46. The fourth-order valence-corrected chi connectivity index (χ4v) is 4.96. The average Bonchev–Trinajstić information content (AvgIpc) is 3.21. The van der Waals surface area contributed by atoms with Gasteiger partial charge in [0.05, 0.1) is 39.9 Å². The predicted octanol–water partition coefficient (Wildman–Crippen LogP) is 4.86. The van der Waals surface area contributed by atoms with E-state index in [0.29, 0.717) is 61.8 Å². The normalized spacial score (nSPS) is 11.8. The summed E-state index contributed by atoms with van der Waals surface area (Å²) >= 11 is 0. The van der Waals surface area contributed by atoms with Crippen molar-refractivity contribution in [1.82, 2.24) is 9.55 Å². The molecule has 0 aliphatic heterocycles. The number of hydrogen-bond acceptors (Lipinski definition) is 5. The molecule has 0 amide bonds. The van der Waals surface area contributed by atoms with Crippen molar-refractivity contribution in [3.63, 3.8) is 0 Å². The van der Waals surface area contributed by atoms with E-state index >= 15 is 0 Å². The number of H-pyrrole nitrogens is 1. The maximum Gasteiger partial charge on any atom is 0.332 e. The summed E-state index contributed by atoms with van der Waals surface area (Å²) in [7, 11) is -3.44. The first kappa shape index (κ1) is 21.7. The van der Waals surface area contributed by atoms with Gasteiger partial charge in [0.15, 0.2) is 5.43 Å². The SMILES string of the molecule is CCn1c2cc(-c3cccc(S(=O)(=O)F)c3)c(OC)cc2c(=O)c2c3ccc(C#N)cc3[nH]c21. The molecule has 9 heteroatoms. The number of nitrogens with zero attached hydrogens (tertiary/aromatic N) is 2. The molecule has 0 saturated carbocycles. The Morgan fingerprint density at radius 3 is 2.59 bits per heavy atom. The number of aromatic amines is 1. The van der Waals surface area contributed by atoms with Crippen LogP contribution in [0.1, 0.15) is 12.5 Å². The molecule has 170 valence electrons. The molecule has 34 heavy (non-hydrogen) atoms. The van der Waals surface area contributed by atoms with Crippen LogP contribution < -0.4 is 10.2 Å². The summed E-state index contributed by atoms with van der Waals surface area (Å²) in [6, 6.07) is 16.1. The Bertz CT molecular complexity index is 1850. The van der Waals surface area contributed by atoms with Crippen LogP contribution in [0.2, 0.25) is 0 Å². The zero-order chi connectivity index (χ0) is 24.2. The van der Waals surface area contributed by atoms with E-state index in [0.717, 1.165) is 0 Å². The number of aryl methyl sites for hydroxylation is 1. The van der Waals surface area contributed by atoms with E-state index in [2.05, 4.69) is 11.1 Å². The molecule has 0 spiro atoms. The molecule has 0 atom stereocenters. The molecule has 0 saturated heterocycles. The smallest absolute Gasteiger partial charge is 0.332 e. The number of fused-ring (bicyclic) bond motifs is 4. The van der Waals surface area contributed by atoms with Crippen LogP contribution in [0.4, 0.5) is 3.89 Å². The standard InChI is InChI=1S/C25H18FN3O4S/c1-3-29-21-11-18(15-5-4-6-16(10-15)34(26,31)32)22(33-2)12-19(21)24(30)23-17-8-7-14(13-27)9-20(17)28-25(23)29/h4-12,28H,3H2,1-2H3. The van der Waals surface area contributed by atoms with Crippen molar-refractivity contribution < 1.29 is 17.0 Å². The molecule has 0 aliphatic carbocycles. The number of benzene rings is 3. The summed E-state index contributed by atoms with van der Waals surface area (Å²) in [4.78, 5) is 16.4. The maximum atomic E-state index is 13.6. The minimum atomic E-state index is -4.89. The Kier molecular flexibility index (Phi) is 4.92. The summed E-state index contributed by atoms with van der Waals surface area (Å²) in [5.74, 6) is 0.353. The molecule has 1 N–H and O–H groups in total. The Balaban J connectivity index is 1.90. The van der Waals surface area contributed by atoms with Crippen molar-refractivity contribution in [2.75, 3.05) is 7.11 Å². The highest BCUT2D eigenvalue weighted by Gasteiger charge is 2.20. The van der Waals surface area contributed by atoms with Gasteiger partial charge in [0.25, 0.3) is 0 Å². The van der Waals surface area contributed by atoms with Crippen LogP contribution in [-0.4, -0.2) is 25.1 Å². The second kappa shape index (κ2) is 7.71. The number of ether oxygens (including phenoxy) is 1. The molecule has 5 rings (SSSR count). The number of pyridine rings is 1. The molecule has 0 radical (unpaired) electrons. The summed E-state index contributed by atoms with van der Waals surface area (Å²) < 4.78 is 44.0. The molecule has 5 aromatic rings. The lowest BCUT2D eigenvalue weighted by Gasteiger charge is -2.15. The minimum Gasteiger partial charge on any atom is -0.496 e. The average molecular weight is 476 g/mol. The van der Waals surface area contributed by atoms with Gasteiger partial charge in [-0.1, -0.05) is 18.2 Å². The zero-order valence-corrected chi connectivity index (χ0v) is 19.0. The van der Waals surface area contributed by atoms with Crippen LogP contribution in [0.5, 0.6) is 5.75 Å². The van der Waals surface area contributed by atoms with Crippen molar-refractivity contribution >= 4 is 43.1 Å². The van der Waals surface area contributed by atoms with Gasteiger partial charge in [0.1, 0.15) is 11.4 Å². The summed E-state index contributed by atoms with van der Waals surface area (Å²) in [5, 5.41) is 10.9. The fourth-order valence-electron chi connectivity index (χ4n) is 4.45. The van der Waals surface area contributed by atoms with Crippen molar-refractivity contribution in [3.05, 3.63) is 70.4 Å². The number of rotatable bonds is 4. The number of aromatic nitrogens is 2. The van der Waals surface area contributed by atoms with Crippen molar-refractivity contribution in [1.29, 1.82) is 5.26 Å². The highest BCUT2D eigenvalue weighted by Crippen LogP contribution is 2.36. The van der Waals surface area contributed by atoms with Gasteiger partial charge >= 0.3 is 10.2 Å². The van der Waals surface area contributed by atoms with E-state index in [1.54, 1.807) is 36.4 Å². The van der Waals surface area contributed by atoms with Crippen LogP contribution in [0.15, 0.2) is 64.3 Å². The molecule has 0 unspecified atom stereocenters. The highest BCUT2D eigenvalue weighted by molar-refractivity contribution is 7.86. The minimum absolute atomic E-state index is 0.199. The lowest BCUT2D eigenvalue weighted by Crippen LogP contribution is -2.11. The van der Waals surface area contributed by atoms with E-state index in [1.807, 2.05) is 11.5 Å². The summed E-state index contributed by atoms with van der Waals surface area (Å²) in [6.07, 6.45) is 0. The first-order valence-corrected chi connectivity index (χ1v) is 11.8. The molecular weight excluding hydrogens is 457 g/mol. The number of nitriles is 1. The number of nitrogens with one attached hydrogen (secondary N) is 1. The van der Waals surface area contributed by atoms with E-state index in [1.165, 1.54) is 25.3 Å². The lowest BCUT2D eigenvalue weighted by molar-refractivity contribution is 0.417. The van der Waals surface area contributed by atoms with Crippen LogP contribution in [-0.2, 0) is 16.8 Å². The van der Waals surface area contributed by atoms with Gasteiger partial charge in [-0.05, 0) is 48.9 Å². The lowest BCUT2D eigenvalue weighted by atomic mass is 10.0. The third kappa shape index (κ3) is 3.23. The van der Waals surface area contributed by atoms with Gasteiger partial charge in [-0.15, -0.1) is 3.89 Å². The predicted molar refractivity (Wildman–Crippen MR) is 128 cm³/mol. The van der Waals surface area contributed by atoms with E-state index < -0.39 is 15.1 Å². The number of hydrogen-bond donors (Lipinski definition) is 1. The Labute approximate surface area is 193 Å². The summed E-state index contributed by atoms with van der Waals surface area (Å²) in [5.41, 5.74) is 3.13. The fraction of sp³-hybridized carbons (Fsp3) is 0.120. The zero-order valence-electron chi connectivity index (χ0n) is 18.2. The molecule has 7 nitrogen and oxygen atoms in total. The molecule has 0 aliphatic rings. The number of halogens is 1. The van der Waals surface area contributed by atoms with Crippen molar-refractivity contribution in [2.24, 2.45) is 0 Å². The van der Waals surface area contributed by atoms with Crippen LogP contribution in [0.3, 0.4) is 0 Å². The molecule has 2 aromatic heterocycles. The second-order valence-corrected chi connectivity index (χ2v) is 9.18. The van der Waals surface area contributed by atoms with Gasteiger partial charge in [-0.2, -0.15) is 13.7 Å². The van der Waals surface area contributed by atoms with E-state index in [-0.39, 0.29) is 5.43 Å². The quantitative estimate of drug-likeness (QED) is 0.374. The first-order chi connectivity index (χ1) is 16.3. The van der Waals surface area contributed by atoms with Gasteiger partial charge in [-0.25, -0.2) is 0 Å². The first-order valence-electron chi connectivity index (χ1n) is 10.4. The van der Waals surface area contributed by atoms with Crippen molar-refractivity contribution in [3.8, 4) is 22.9 Å².